The van der Waals surface area contributed by atoms with E-state index in [4.69, 9.17) is 10.3 Å². The molecule has 1 rings (SSSR count). The summed E-state index contributed by atoms with van der Waals surface area (Å²) in [5.74, 6) is -3.98. The van der Waals surface area contributed by atoms with Gasteiger partial charge >= 0.3 is 5.97 Å². The van der Waals surface area contributed by atoms with Crippen LogP contribution in [-0.4, -0.2) is 39.7 Å². The van der Waals surface area contributed by atoms with Gasteiger partial charge in [0.05, 0.1) is 18.0 Å². The van der Waals surface area contributed by atoms with Crippen LogP contribution in [0.3, 0.4) is 0 Å². The number of carboxylic acid groups (broad SMARTS) is 1. The monoisotopic (exact) mass is 310 g/mol. The smallest absolute Gasteiger partial charge is 0.304 e. The first-order valence-corrected chi connectivity index (χ1v) is 6.64. The van der Waals surface area contributed by atoms with Crippen LogP contribution in [0.2, 0.25) is 0 Å². The number of phenols is 1. The number of phenolic OH excluding ortho intramolecular Hbond substituents is 1. The van der Waals surface area contributed by atoms with E-state index in [1.807, 2.05) is 0 Å². The lowest BCUT2D eigenvalue weighted by atomic mass is 9.98. The van der Waals surface area contributed by atoms with Gasteiger partial charge in [-0.05, 0) is 19.1 Å². The summed E-state index contributed by atoms with van der Waals surface area (Å²) in [6, 6.07) is 6.13. The van der Waals surface area contributed by atoms with Crippen LogP contribution in [0, 0.1) is 5.92 Å². The minimum Gasteiger partial charge on any atom is -0.506 e. The first-order chi connectivity index (χ1) is 10.4. The number of benzene rings is 1. The summed E-state index contributed by atoms with van der Waals surface area (Å²) >= 11 is 0. The fourth-order valence-corrected chi connectivity index (χ4v) is 2.08. The van der Waals surface area contributed by atoms with E-state index in [2.05, 4.69) is 0 Å². The SMILES string of the molecule is CCN(C(=O)C(CC(=O)O)CC(=O)NO)c1ccccc1O. The Bertz CT molecular complexity index is 560. The molecule has 2 amide bonds. The molecule has 0 aromatic heterocycles. The molecular weight excluding hydrogens is 292 g/mol. The van der Waals surface area contributed by atoms with E-state index in [-0.39, 0.29) is 18.0 Å². The lowest BCUT2D eigenvalue weighted by Gasteiger charge is -2.26. The van der Waals surface area contributed by atoms with E-state index in [9.17, 15) is 19.5 Å². The maximum Gasteiger partial charge on any atom is 0.304 e. The Morgan fingerprint density at radius 3 is 2.36 bits per heavy atom. The first kappa shape index (κ1) is 17.4. The van der Waals surface area contributed by atoms with Crippen LogP contribution in [0.25, 0.3) is 0 Å². The molecule has 0 aliphatic heterocycles. The van der Waals surface area contributed by atoms with Gasteiger partial charge in [-0.2, -0.15) is 0 Å². The number of para-hydroxylation sites is 2. The highest BCUT2D eigenvalue weighted by Crippen LogP contribution is 2.28. The summed E-state index contributed by atoms with van der Waals surface area (Å²) < 4.78 is 0. The number of aromatic hydroxyl groups is 1. The van der Waals surface area contributed by atoms with E-state index in [1.54, 1.807) is 19.1 Å². The number of aliphatic carboxylic acids is 1. The molecule has 8 heteroatoms. The Morgan fingerprint density at radius 1 is 1.23 bits per heavy atom. The van der Waals surface area contributed by atoms with Crippen molar-refractivity contribution in [2.75, 3.05) is 11.4 Å². The molecule has 0 bridgehead atoms. The average Bonchev–Trinajstić information content (AvgIpc) is 2.48. The number of carbonyl (C=O) groups is 3. The lowest BCUT2D eigenvalue weighted by molar-refractivity contribution is -0.142. The van der Waals surface area contributed by atoms with Crippen molar-refractivity contribution in [2.45, 2.75) is 19.8 Å². The van der Waals surface area contributed by atoms with Crippen LogP contribution >= 0.6 is 0 Å². The van der Waals surface area contributed by atoms with Gasteiger partial charge in [0.25, 0.3) is 0 Å². The molecule has 1 aromatic rings. The average molecular weight is 310 g/mol. The number of carbonyl (C=O) groups excluding carboxylic acids is 2. The molecule has 8 nitrogen and oxygen atoms in total. The molecule has 1 aromatic carbocycles. The van der Waals surface area contributed by atoms with E-state index in [0.29, 0.717) is 0 Å². The molecule has 22 heavy (non-hydrogen) atoms. The van der Waals surface area contributed by atoms with Crippen LogP contribution < -0.4 is 10.4 Å². The zero-order chi connectivity index (χ0) is 16.7. The van der Waals surface area contributed by atoms with Crippen molar-refractivity contribution in [1.82, 2.24) is 5.48 Å². The maximum atomic E-state index is 12.5. The highest BCUT2D eigenvalue weighted by atomic mass is 16.5. The summed E-state index contributed by atoms with van der Waals surface area (Å²) in [7, 11) is 0. The summed E-state index contributed by atoms with van der Waals surface area (Å²) in [5, 5.41) is 27.3. The number of anilines is 1. The van der Waals surface area contributed by atoms with Crippen molar-refractivity contribution in [2.24, 2.45) is 5.92 Å². The summed E-state index contributed by atoms with van der Waals surface area (Å²) in [6.07, 6.45) is -1.03. The van der Waals surface area contributed by atoms with E-state index >= 15 is 0 Å². The topological polar surface area (TPSA) is 127 Å². The Morgan fingerprint density at radius 2 is 1.86 bits per heavy atom. The van der Waals surface area contributed by atoms with Crippen molar-refractivity contribution >= 4 is 23.5 Å². The molecule has 0 aliphatic rings. The Labute approximate surface area is 126 Å². The minimum absolute atomic E-state index is 0.126. The molecule has 0 saturated heterocycles. The number of hydroxylamine groups is 1. The number of carboxylic acids is 1. The maximum absolute atomic E-state index is 12.5. The summed E-state index contributed by atoms with van der Waals surface area (Å²) in [4.78, 5) is 35.8. The third-order valence-corrected chi connectivity index (χ3v) is 3.08. The second kappa shape index (κ2) is 7.99. The van der Waals surface area contributed by atoms with Crippen LogP contribution in [0.1, 0.15) is 19.8 Å². The summed E-state index contributed by atoms with van der Waals surface area (Å²) in [5.41, 5.74) is 1.61. The normalized spacial score (nSPS) is 11.5. The number of nitrogens with zero attached hydrogens (tertiary/aromatic N) is 1. The third-order valence-electron chi connectivity index (χ3n) is 3.08. The van der Waals surface area contributed by atoms with Crippen LogP contribution in [-0.2, 0) is 14.4 Å². The number of nitrogens with one attached hydrogen (secondary N) is 1. The van der Waals surface area contributed by atoms with E-state index < -0.39 is 36.5 Å². The molecule has 1 atom stereocenters. The predicted molar refractivity (Wildman–Crippen MR) is 76.4 cm³/mol. The predicted octanol–water partition coefficient (Wildman–Crippen LogP) is 0.731. The number of rotatable bonds is 7. The molecule has 0 fully saturated rings. The number of amides is 2. The van der Waals surface area contributed by atoms with Gasteiger partial charge in [-0.25, -0.2) is 5.48 Å². The molecule has 0 aliphatic carbocycles. The largest absolute Gasteiger partial charge is 0.506 e. The molecule has 0 spiro atoms. The molecule has 120 valence electrons. The fraction of sp³-hybridized carbons (Fsp3) is 0.357. The Balaban J connectivity index is 3.06. The standard InChI is InChI=1S/C14H18N2O6/c1-2-16(10-5-3-4-6-11(10)17)14(21)9(8-13(19)20)7-12(18)15-22/h3-6,9,17,22H,2,7-8H2,1H3,(H,15,18)(H,19,20). The van der Waals surface area contributed by atoms with Gasteiger partial charge < -0.3 is 15.1 Å². The molecule has 0 radical (unpaired) electrons. The van der Waals surface area contributed by atoms with Gasteiger partial charge in [-0.15, -0.1) is 0 Å². The molecule has 0 heterocycles. The molecule has 1 unspecified atom stereocenters. The Kier molecular flexibility index (Phi) is 6.33. The van der Waals surface area contributed by atoms with Crippen molar-refractivity contribution in [1.29, 1.82) is 0 Å². The quantitative estimate of drug-likeness (QED) is 0.434. The zero-order valence-electron chi connectivity index (χ0n) is 12.0. The molecular formula is C14H18N2O6. The van der Waals surface area contributed by atoms with Gasteiger partial charge in [0.1, 0.15) is 5.75 Å². The Hall–Kier alpha value is -2.61. The first-order valence-electron chi connectivity index (χ1n) is 6.64. The molecule has 0 saturated carbocycles. The van der Waals surface area contributed by atoms with Gasteiger partial charge in [-0.1, -0.05) is 12.1 Å². The lowest BCUT2D eigenvalue weighted by Crippen LogP contribution is -2.39. The molecule has 4 N–H and O–H groups in total. The van der Waals surface area contributed by atoms with E-state index in [1.165, 1.54) is 22.5 Å². The van der Waals surface area contributed by atoms with Crippen molar-refractivity contribution in [3.63, 3.8) is 0 Å². The van der Waals surface area contributed by atoms with Gasteiger partial charge in [0.2, 0.25) is 11.8 Å². The van der Waals surface area contributed by atoms with Crippen molar-refractivity contribution < 1.29 is 29.8 Å². The highest BCUT2D eigenvalue weighted by molar-refractivity contribution is 5.99. The number of hydrogen-bond acceptors (Lipinski definition) is 5. The zero-order valence-corrected chi connectivity index (χ0v) is 12.0. The van der Waals surface area contributed by atoms with Crippen LogP contribution in [0.15, 0.2) is 24.3 Å². The summed E-state index contributed by atoms with van der Waals surface area (Å²) in [6.45, 7) is 1.85. The fourth-order valence-electron chi connectivity index (χ4n) is 2.08. The second-order valence-electron chi connectivity index (χ2n) is 4.61. The van der Waals surface area contributed by atoms with Crippen LogP contribution in [0.5, 0.6) is 5.75 Å². The second-order valence-corrected chi connectivity index (χ2v) is 4.61. The highest BCUT2D eigenvalue weighted by Gasteiger charge is 2.29. The van der Waals surface area contributed by atoms with Crippen LogP contribution in [0.4, 0.5) is 5.69 Å². The van der Waals surface area contributed by atoms with Crippen molar-refractivity contribution in [3.8, 4) is 5.75 Å². The number of hydrogen-bond donors (Lipinski definition) is 4. The van der Waals surface area contributed by atoms with Gasteiger partial charge in [0.15, 0.2) is 0 Å². The van der Waals surface area contributed by atoms with Crippen molar-refractivity contribution in [3.05, 3.63) is 24.3 Å². The van der Waals surface area contributed by atoms with Gasteiger partial charge in [0, 0.05) is 13.0 Å². The third kappa shape index (κ3) is 4.45. The van der Waals surface area contributed by atoms with E-state index in [0.717, 1.165) is 0 Å². The minimum atomic E-state index is -1.24. The van der Waals surface area contributed by atoms with Gasteiger partial charge in [-0.3, -0.25) is 19.6 Å².